The highest BCUT2D eigenvalue weighted by Gasteiger charge is 2.40. The molecule has 0 unspecified atom stereocenters. The molecule has 0 aliphatic heterocycles. The molecule has 1 N–H and O–H groups in total. The van der Waals surface area contributed by atoms with Crippen molar-refractivity contribution in [2.24, 2.45) is 5.41 Å². The molecule has 0 bridgehead atoms. The molecule has 1 fully saturated rings. The van der Waals surface area contributed by atoms with Crippen LogP contribution < -0.4 is 5.32 Å². The van der Waals surface area contributed by atoms with Gasteiger partial charge in [-0.1, -0.05) is 32.1 Å². The Labute approximate surface area is 97.0 Å². The normalized spacial score (nSPS) is 21.2. The maximum Gasteiger partial charge on any atom is 0.0448 e. The first-order chi connectivity index (χ1) is 6.62. The fraction of sp³-hybridized carbons (Fsp3) is 1.00. The summed E-state index contributed by atoms with van der Waals surface area (Å²) in [6.45, 7) is 15.6. The summed E-state index contributed by atoms with van der Waals surface area (Å²) in [4.78, 5) is 0. The molecule has 0 heterocycles. The third-order valence-electron chi connectivity index (χ3n) is 3.31. The van der Waals surface area contributed by atoms with E-state index < -0.39 is 8.07 Å². The van der Waals surface area contributed by atoms with Gasteiger partial charge in [-0.15, -0.1) is 0 Å². The maximum absolute atomic E-state index is 3.71. The van der Waals surface area contributed by atoms with Crippen molar-refractivity contribution in [1.29, 1.82) is 0 Å². The van der Waals surface area contributed by atoms with Crippen molar-refractivity contribution >= 4 is 8.07 Å². The van der Waals surface area contributed by atoms with Crippen molar-refractivity contribution in [1.82, 2.24) is 5.32 Å². The van der Waals surface area contributed by atoms with E-state index in [9.17, 15) is 0 Å². The summed E-state index contributed by atoms with van der Waals surface area (Å²) >= 11 is 0. The van der Waals surface area contributed by atoms with Gasteiger partial charge in [0.1, 0.15) is 0 Å². The van der Waals surface area contributed by atoms with Crippen LogP contribution >= 0.6 is 0 Å². The number of nitrogens with one attached hydrogen (secondary N) is 1. The average molecular weight is 227 g/mol. The van der Waals surface area contributed by atoms with E-state index in [1.54, 1.807) is 0 Å². The fourth-order valence-corrected chi connectivity index (χ4v) is 5.40. The predicted octanol–water partition coefficient (Wildman–Crippen LogP) is 3.88. The van der Waals surface area contributed by atoms with Crippen molar-refractivity contribution in [3.8, 4) is 0 Å². The second-order valence-electron chi connectivity index (χ2n) is 7.69. The lowest BCUT2D eigenvalue weighted by Crippen LogP contribution is -2.49. The second-order valence-corrected chi connectivity index (χ2v) is 13.2. The van der Waals surface area contributed by atoms with Gasteiger partial charge in [-0.2, -0.15) is 0 Å². The SMILES string of the molecule is CC(C)(C)NCC1(C[Si](C)(C)C)CCC1. The first kappa shape index (κ1) is 13.2. The standard InChI is InChI=1S/C13H29NSi/c1-12(2,3)14-10-13(8-7-9-13)11-15(4,5)6/h14H,7-11H2,1-6H3. The van der Waals surface area contributed by atoms with Crippen molar-refractivity contribution in [3.63, 3.8) is 0 Å². The van der Waals surface area contributed by atoms with Crippen LogP contribution in [0.4, 0.5) is 0 Å². The van der Waals surface area contributed by atoms with Gasteiger partial charge in [0.15, 0.2) is 0 Å². The molecule has 0 amide bonds. The smallest absolute Gasteiger partial charge is 0.0448 e. The Bertz CT molecular complexity index is 206. The molecule has 2 heteroatoms. The van der Waals surface area contributed by atoms with Gasteiger partial charge in [-0.25, -0.2) is 0 Å². The van der Waals surface area contributed by atoms with Crippen molar-refractivity contribution < 1.29 is 0 Å². The zero-order valence-electron chi connectivity index (χ0n) is 11.5. The van der Waals surface area contributed by atoms with Gasteiger partial charge in [0, 0.05) is 20.2 Å². The molecule has 0 saturated heterocycles. The summed E-state index contributed by atoms with van der Waals surface area (Å²) in [7, 11) is -0.899. The van der Waals surface area contributed by atoms with Gasteiger partial charge < -0.3 is 5.32 Å². The summed E-state index contributed by atoms with van der Waals surface area (Å²) in [6.07, 6.45) is 4.37. The minimum absolute atomic E-state index is 0.280. The lowest BCUT2D eigenvalue weighted by Gasteiger charge is -2.47. The highest BCUT2D eigenvalue weighted by atomic mass is 28.3. The lowest BCUT2D eigenvalue weighted by molar-refractivity contribution is 0.141. The quantitative estimate of drug-likeness (QED) is 0.719. The third kappa shape index (κ3) is 4.69. The summed E-state index contributed by atoms with van der Waals surface area (Å²) in [5.74, 6) is 0. The number of rotatable bonds is 4. The minimum Gasteiger partial charge on any atom is -0.312 e. The molecule has 0 aromatic heterocycles. The van der Waals surface area contributed by atoms with Crippen LogP contribution in [0.2, 0.25) is 25.7 Å². The third-order valence-corrected chi connectivity index (χ3v) is 5.12. The average Bonchev–Trinajstić information content (AvgIpc) is 1.90. The van der Waals surface area contributed by atoms with Gasteiger partial charge in [-0.05, 0) is 39.0 Å². The molecule has 1 aliphatic rings. The monoisotopic (exact) mass is 227 g/mol. The first-order valence-electron chi connectivity index (χ1n) is 6.37. The summed E-state index contributed by atoms with van der Waals surface area (Å²) in [6, 6.07) is 1.50. The molecular weight excluding hydrogens is 198 g/mol. The minimum atomic E-state index is -0.899. The van der Waals surface area contributed by atoms with Crippen molar-refractivity contribution in [2.75, 3.05) is 6.54 Å². The Morgan fingerprint density at radius 2 is 1.67 bits per heavy atom. The van der Waals surface area contributed by atoms with E-state index in [0.717, 1.165) is 0 Å². The van der Waals surface area contributed by atoms with Gasteiger partial charge in [0.25, 0.3) is 0 Å². The maximum atomic E-state index is 3.71. The molecule has 90 valence electrons. The Kier molecular flexibility index (Phi) is 3.72. The van der Waals surface area contributed by atoms with Crippen LogP contribution in [0.5, 0.6) is 0 Å². The van der Waals surface area contributed by atoms with Crippen LogP contribution in [-0.4, -0.2) is 20.2 Å². The van der Waals surface area contributed by atoms with E-state index in [0.29, 0.717) is 5.41 Å². The molecule has 0 aromatic rings. The zero-order chi connectivity index (χ0) is 11.7. The molecule has 0 aromatic carbocycles. The van der Waals surface area contributed by atoms with E-state index >= 15 is 0 Å². The predicted molar refractivity (Wildman–Crippen MR) is 72.2 cm³/mol. The van der Waals surface area contributed by atoms with E-state index in [1.807, 2.05) is 0 Å². The van der Waals surface area contributed by atoms with Gasteiger partial charge in [0.05, 0.1) is 0 Å². The number of hydrogen-bond donors (Lipinski definition) is 1. The topological polar surface area (TPSA) is 12.0 Å². The lowest BCUT2D eigenvalue weighted by atomic mass is 9.70. The fourth-order valence-electron chi connectivity index (χ4n) is 2.67. The van der Waals surface area contributed by atoms with Crippen LogP contribution in [0.15, 0.2) is 0 Å². The molecular formula is C13H29NSi. The van der Waals surface area contributed by atoms with Crippen LogP contribution in [-0.2, 0) is 0 Å². The van der Waals surface area contributed by atoms with E-state index in [2.05, 4.69) is 45.7 Å². The molecule has 0 atom stereocenters. The Morgan fingerprint density at radius 3 is 1.93 bits per heavy atom. The molecule has 1 nitrogen and oxygen atoms in total. The van der Waals surface area contributed by atoms with Crippen LogP contribution in [0.3, 0.4) is 0 Å². The highest BCUT2D eigenvalue weighted by Crippen LogP contribution is 2.46. The molecule has 1 aliphatic carbocycles. The van der Waals surface area contributed by atoms with Gasteiger partial charge in [0.2, 0.25) is 0 Å². The molecule has 1 rings (SSSR count). The Morgan fingerprint density at radius 1 is 1.13 bits per heavy atom. The zero-order valence-corrected chi connectivity index (χ0v) is 12.5. The van der Waals surface area contributed by atoms with Crippen LogP contribution in [0, 0.1) is 5.41 Å². The molecule has 0 spiro atoms. The van der Waals surface area contributed by atoms with E-state index in [4.69, 9.17) is 0 Å². The number of hydrogen-bond acceptors (Lipinski definition) is 1. The summed E-state index contributed by atoms with van der Waals surface area (Å²) in [5, 5.41) is 3.71. The summed E-state index contributed by atoms with van der Waals surface area (Å²) < 4.78 is 0. The molecule has 1 saturated carbocycles. The summed E-state index contributed by atoms with van der Waals surface area (Å²) in [5.41, 5.74) is 0.944. The largest absolute Gasteiger partial charge is 0.312 e. The van der Waals surface area contributed by atoms with E-state index in [1.165, 1.54) is 31.9 Å². The van der Waals surface area contributed by atoms with Gasteiger partial charge >= 0.3 is 0 Å². The Balaban J connectivity index is 2.47. The van der Waals surface area contributed by atoms with Crippen LogP contribution in [0.1, 0.15) is 40.0 Å². The highest BCUT2D eigenvalue weighted by molar-refractivity contribution is 6.76. The van der Waals surface area contributed by atoms with Gasteiger partial charge in [-0.3, -0.25) is 0 Å². The van der Waals surface area contributed by atoms with Crippen LogP contribution in [0.25, 0.3) is 0 Å². The molecule has 0 radical (unpaired) electrons. The van der Waals surface area contributed by atoms with Crippen molar-refractivity contribution in [3.05, 3.63) is 0 Å². The first-order valence-corrected chi connectivity index (χ1v) is 10.1. The van der Waals surface area contributed by atoms with E-state index in [-0.39, 0.29) is 5.54 Å². The molecule has 15 heavy (non-hydrogen) atoms. The Hall–Kier alpha value is 0.177. The van der Waals surface area contributed by atoms with Crippen molar-refractivity contribution in [2.45, 2.75) is 71.3 Å². The second kappa shape index (κ2) is 4.21.